The number of aromatic nitrogens is 2. The van der Waals surface area contributed by atoms with Crippen molar-refractivity contribution in [2.75, 3.05) is 5.32 Å². The van der Waals surface area contributed by atoms with Crippen LogP contribution in [0.25, 0.3) is 21.1 Å². The monoisotopic (exact) mass is 319 g/mol. The lowest BCUT2D eigenvalue weighted by molar-refractivity contribution is 0.102. The number of nitrogens with zero attached hydrogens (tertiary/aromatic N) is 2. The molecule has 4 rings (SSSR count). The van der Waals surface area contributed by atoms with Gasteiger partial charge in [-0.05, 0) is 49.4 Å². The molecule has 2 aromatic heterocycles. The molecule has 0 atom stereocenters. The summed E-state index contributed by atoms with van der Waals surface area (Å²) in [6.45, 7) is 1.96. The molecule has 0 radical (unpaired) electrons. The first-order valence-electron chi connectivity index (χ1n) is 7.21. The first kappa shape index (κ1) is 13.8. The van der Waals surface area contributed by atoms with Crippen LogP contribution >= 0.6 is 11.3 Å². The van der Waals surface area contributed by atoms with Crippen molar-refractivity contribution >= 4 is 44.1 Å². The molecular weight excluding hydrogens is 306 g/mol. The third-order valence-electron chi connectivity index (χ3n) is 3.68. The predicted octanol–water partition coefficient (Wildman–Crippen LogP) is 4.41. The second-order valence-electron chi connectivity index (χ2n) is 5.35. The summed E-state index contributed by atoms with van der Waals surface area (Å²) < 4.78 is 1.01. The Morgan fingerprint density at radius 1 is 1.04 bits per heavy atom. The van der Waals surface area contributed by atoms with Gasteiger partial charge in [-0.2, -0.15) is 0 Å². The molecule has 4 aromatic rings. The summed E-state index contributed by atoms with van der Waals surface area (Å²) in [5.74, 6) is -0.125. The standard InChI is InChI=1S/C18H13N3OS/c1-11-2-3-12-8-14(5-7-15(12)20-11)21-18(22)13-4-6-16-17(9-13)23-10-19-16/h2-10H,1H3,(H,21,22). The molecule has 0 saturated heterocycles. The van der Waals surface area contributed by atoms with Crippen molar-refractivity contribution in [3.8, 4) is 0 Å². The predicted molar refractivity (Wildman–Crippen MR) is 94.1 cm³/mol. The summed E-state index contributed by atoms with van der Waals surface area (Å²) >= 11 is 1.53. The van der Waals surface area contributed by atoms with E-state index in [1.54, 1.807) is 11.6 Å². The molecule has 2 heterocycles. The molecule has 0 aliphatic heterocycles. The van der Waals surface area contributed by atoms with Crippen LogP contribution in [-0.2, 0) is 0 Å². The quantitative estimate of drug-likeness (QED) is 0.595. The molecule has 0 bridgehead atoms. The van der Waals surface area contributed by atoms with E-state index < -0.39 is 0 Å². The fourth-order valence-corrected chi connectivity index (χ4v) is 3.22. The van der Waals surface area contributed by atoms with Gasteiger partial charge in [0.15, 0.2) is 0 Å². The number of fused-ring (bicyclic) bond motifs is 2. The van der Waals surface area contributed by atoms with E-state index in [1.165, 1.54) is 11.3 Å². The number of carbonyl (C=O) groups is 1. The molecule has 0 unspecified atom stereocenters. The van der Waals surface area contributed by atoms with Gasteiger partial charge in [0, 0.05) is 22.3 Å². The van der Waals surface area contributed by atoms with E-state index in [-0.39, 0.29) is 5.91 Å². The van der Waals surface area contributed by atoms with Gasteiger partial charge in [-0.25, -0.2) is 4.98 Å². The van der Waals surface area contributed by atoms with Crippen LogP contribution in [0.5, 0.6) is 0 Å². The number of anilines is 1. The van der Waals surface area contributed by atoms with Crippen LogP contribution in [0.4, 0.5) is 5.69 Å². The zero-order valence-electron chi connectivity index (χ0n) is 12.4. The van der Waals surface area contributed by atoms with E-state index in [1.807, 2.05) is 49.4 Å². The third-order valence-corrected chi connectivity index (χ3v) is 4.47. The highest BCUT2D eigenvalue weighted by atomic mass is 32.1. The number of benzene rings is 2. The van der Waals surface area contributed by atoms with E-state index in [0.717, 1.165) is 32.5 Å². The van der Waals surface area contributed by atoms with Crippen LogP contribution in [-0.4, -0.2) is 15.9 Å². The van der Waals surface area contributed by atoms with Gasteiger partial charge in [0.1, 0.15) is 0 Å². The number of pyridine rings is 1. The van der Waals surface area contributed by atoms with Crippen molar-refractivity contribution in [2.45, 2.75) is 6.92 Å². The van der Waals surface area contributed by atoms with Crippen molar-refractivity contribution in [3.05, 3.63) is 65.3 Å². The van der Waals surface area contributed by atoms with E-state index >= 15 is 0 Å². The van der Waals surface area contributed by atoms with Crippen LogP contribution in [0.2, 0.25) is 0 Å². The molecule has 0 saturated carbocycles. The van der Waals surface area contributed by atoms with Gasteiger partial charge in [-0.3, -0.25) is 9.78 Å². The number of hydrogen-bond acceptors (Lipinski definition) is 4. The highest BCUT2D eigenvalue weighted by molar-refractivity contribution is 7.16. The maximum Gasteiger partial charge on any atom is 0.255 e. The number of rotatable bonds is 2. The third kappa shape index (κ3) is 2.66. The fourth-order valence-electron chi connectivity index (χ4n) is 2.50. The lowest BCUT2D eigenvalue weighted by atomic mass is 10.1. The largest absolute Gasteiger partial charge is 0.322 e. The summed E-state index contributed by atoms with van der Waals surface area (Å²) in [5.41, 5.74) is 5.99. The summed E-state index contributed by atoms with van der Waals surface area (Å²) in [7, 11) is 0. The Labute approximate surface area is 136 Å². The Morgan fingerprint density at radius 3 is 2.83 bits per heavy atom. The average molecular weight is 319 g/mol. The second-order valence-corrected chi connectivity index (χ2v) is 6.24. The Morgan fingerprint density at radius 2 is 1.91 bits per heavy atom. The van der Waals surface area contributed by atoms with Gasteiger partial charge in [0.2, 0.25) is 0 Å². The highest BCUT2D eigenvalue weighted by Gasteiger charge is 2.08. The van der Waals surface area contributed by atoms with Gasteiger partial charge in [0.05, 0.1) is 21.2 Å². The molecular formula is C18H13N3OS. The number of carbonyl (C=O) groups excluding carboxylic acids is 1. The molecule has 0 aliphatic rings. The molecule has 0 spiro atoms. The minimum atomic E-state index is -0.125. The Balaban J connectivity index is 1.63. The molecule has 4 nitrogen and oxygen atoms in total. The number of amides is 1. The number of nitrogens with one attached hydrogen (secondary N) is 1. The highest BCUT2D eigenvalue weighted by Crippen LogP contribution is 2.21. The van der Waals surface area contributed by atoms with Crippen LogP contribution in [0.1, 0.15) is 16.1 Å². The van der Waals surface area contributed by atoms with Gasteiger partial charge in [-0.1, -0.05) is 6.07 Å². The van der Waals surface area contributed by atoms with Crippen LogP contribution in [0, 0.1) is 6.92 Å². The number of hydrogen-bond donors (Lipinski definition) is 1. The molecule has 23 heavy (non-hydrogen) atoms. The Bertz CT molecular complexity index is 1040. The topological polar surface area (TPSA) is 54.9 Å². The average Bonchev–Trinajstić information content (AvgIpc) is 3.02. The Kier molecular flexibility index (Phi) is 3.28. The summed E-state index contributed by atoms with van der Waals surface area (Å²) in [5, 5.41) is 3.95. The van der Waals surface area contributed by atoms with Gasteiger partial charge < -0.3 is 5.32 Å². The van der Waals surface area contributed by atoms with E-state index in [0.29, 0.717) is 5.56 Å². The minimum Gasteiger partial charge on any atom is -0.322 e. The fraction of sp³-hybridized carbons (Fsp3) is 0.0556. The maximum absolute atomic E-state index is 12.4. The Hall–Kier alpha value is -2.79. The van der Waals surface area contributed by atoms with E-state index in [2.05, 4.69) is 15.3 Å². The summed E-state index contributed by atoms with van der Waals surface area (Å²) in [6.07, 6.45) is 0. The minimum absolute atomic E-state index is 0.125. The number of thiazole rings is 1. The lowest BCUT2D eigenvalue weighted by Crippen LogP contribution is -2.11. The summed E-state index contributed by atoms with van der Waals surface area (Å²) in [6, 6.07) is 15.2. The van der Waals surface area contributed by atoms with Crippen LogP contribution < -0.4 is 5.32 Å². The smallest absolute Gasteiger partial charge is 0.255 e. The lowest BCUT2D eigenvalue weighted by Gasteiger charge is -2.07. The molecule has 5 heteroatoms. The zero-order valence-corrected chi connectivity index (χ0v) is 13.2. The molecule has 0 aliphatic carbocycles. The molecule has 0 fully saturated rings. The van der Waals surface area contributed by atoms with Crippen molar-refractivity contribution in [3.63, 3.8) is 0 Å². The van der Waals surface area contributed by atoms with Crippen molar-refractivity contribution in [2.24, 2.45) is 0 Å². The van der Waals surface area contributed by atoms with Gasteiger partial charge >= 0.3 is 0 Å². The van der Waals surface area contributed by atoms with Crippen LogP contribution in [0.3, 0.4) is 0 Å². The van der Waals surface area contributed by atoms with Gasteiger partial charge in [0.25, 0.3) is 5.91 Å². The SMILES string of the molecule is Cc1ccc2cc(NC(=O)c3ccc4ncsc4c3)ccc2n1. The first-order valence-corrected chi connectivity index (χ1v) is 8.09. The van der Waals surface area contributed by atoms with Gasteiger partial charge in [-0.15, -0.1) is 11.3 Å². The molecule has 1 amide bonds. The van der Waals surface area contributed by atoms with E-state index in [9.17, 15) is 4.79 Å². The molecule has 112 valence electrons. The van der Waals surface area contributed by atoms with Crippen LogP contribution in [0.15, 0.2) is 54.0 Å². The maximum atomic E-state index is 12.4. The zero-order chi connectivity index (χ0) is 15.8. The molecule has 2 aromatic carbocycles. The first-order chi connectivity index (χ1) is 11.2. The molecule has 1 N–H and O–H groups in total. The summed E-state index contributed by atoms with van der Waals surface area (Å²) in [4.78, 5) is 21.1. The van der Waals surface area contributed by atoms with Crippen molar-refractivity contribution in [1.29, 1.82) is 0 Å². The van der Waals surface area contributed by atoms with E-state index in [4.69, 9.17) is 0 Å². The normalized spacial score (nSPS) is 11.0. The van der Waals surface area contributed by atoms with Crippen molar-refractivity contribution in [1.82, 2.24) is 9.97 Å². The van der Waals surface area contributed by atoms with Crippen molar-refractivity contribution < 1.29 is 4.79 Å². The second kappa shape index (κ2) is 5.44. The number of aryl methyl sites for hydroxylation is 1.